The highest BCUT2D eigenvalue weighted by Gasteiger charge is 2.25. The van der Waals surface area contributed by atoms with Crippen LogP contribution < -0.4 is 10.2 Å². The maximum atomic E-state index is 14.5. The van der Waals surface area contributed by atoms with E-state index in [-0.39, 0.29) is 7.24 Å². The molecule has 1 saturated heterocycles. The lowest BCUT2D eigenvalue weighted by Gasteiger charge is -2.34. The third-order valence-corrected chi connectivity index (χ3v) is 7.50. The Balaban J connectivity index is 0.000000584. The fourth-order valence-corrected chi connectivity index (χ4v) is 5.15. The number of piperidine rings is 1. The number of alkyl halides is 1. The van der Waals surface area contributed by atoms with Crippen molar-refractivity contribution in [3.05, 3.63) is 89.2 Å². The Labute approximate surface area is 236 Å². The second-order valence-electron chi connectivity index (χ2n) is 10.6. The van der Waals surface area contributed by atoms with E-state index in [1.165, 1.54) is 25.0 Å². The van der Waals surface area contributed by atoms with Crippen molar-refractivity contribution in [2.45, 2.75) is 51.9 Å². The van der Waals surface area contributed by atoms with Crippen LogP contribution in [0.4, 0.5) is 20.4 Å². The molecule has 2 aliphatic rings. The molecule has 208 valence electrons. The molecule has 0 spiro atoms. The Kier molecular flexibility index (Phi) is 8.16. The van der Waals surface area contributed by atoms with Crippen LogP contribution in [0, 0.1) is 36.4 Å². The highest BCUT2D eigenvalue weighted by atomic mass is 19.1. The molecule has 0 radical (unpaired) electrons. The van der Waals surface area contributed by atoms with E-state index in [0.717, 1.165) is 53.8 Å². The van der Waals surface area contributed by atoms with Gasteiger partial charge < -0.3 is 10.2 Å². The summed E-state index contributed by atoms with van der Waals surface area (Å²) in [4.78, 5) is 6.89. The van der Waals surface area contributed by atoms with E-state index in [1.54, 1.807) is 23.6 Å². The molecule has 2 N–H and O–H groups in total. The van der Waals surface area contributed by atoms with Gasteiger partial charge in [0.1, 0.15) is 5.82 Å². The van der Waals surface area contributed by atoms with Crippen LogP contribution in [0.25, 0.3) is 11.0 Å². The smallest absolute Gasteiger partial charge is 0.208 e. The minimum atomic E-state index is -1.15. The number of hydrogen-bond acceptors (Lipinski definition) is 4. The Bertz CT molecular complexity index is 1550. The van der Waals surface area contributed by atoms with E-state index in [9.17, 15) is 8.78 Å². The average molecular weight is 542 g/mol. The first kappa shape index (κ1) is 27.4. The maximum Gasteiger partial charge on any atom is 0.208 e. The molecular formula is C33H37F2N5. The summed E-state index contributed by atoms with van der Waals surface area (Å²) in [6, 6.07) is 20.1. The highest BCUT2D eigenvalue weighted by molar-refractivity contribution is 6.11. The fourth-order valence-electron chi connectivity index (χ4n) is 5.15. The quantitative estimate of drug-likeness (QED) is 0.194. The van der Waals surface area contributed by atoms with Gasteiger partial charge in [0.15, 0.2) is 6.30 Å². The van der Waals surface area contributed by atoms with Crippen molar-refractivity contribution in [1.29, 1.82) is 5.41 Å². The number of rotatable bonds is 6. The minimum absolute atomic E-state index is 0. The Morgan fingerprint density at radius 3 is 2.45 bits per heavy atom. The lowest BCUT2D eigenvalue weighted by molar-refractivity contribution is 0.274. The first-order chi connectivity index (χ1) is 19.3. The van der Waals surface area contributed by atoms with Gasteiger partial charge in [0.2, 0.25) is 5.95 Å². The van der Waals surface area contributed by atoms with Crippen molar-refractivity contribution in [2.24, 2.45) is 5.92 Å². The van der Waals surface area contributed by atoms with Gasteiger partial charge in [0.25, 0.3) is 0 Å². The van der Waals surface area contributed by atoms with E-state index in [2.05, 4.69) is 16.1 Å². The number of terminal acetylenes is 1. The Morgan fingerprint density at radius 1 is 1.07 bits per heavy atom. The topological polar surface area (TPSA) is 56.9 Å². The predicted molar refractivity (Wildman–Crippen MR) is 162 cm³/mol. The summed E-state index contributed by atoms with van der Waals surface area (Å²) in [7, 11) is 0. The summed E-state index contributed by atoms with van der Waals surface area (Å²) in [5.74, 6) is 3.65. The van der Waals surface area contributed by atoms with Gasteiger partial charge in [0, 0.05) is 43.3 Å². The standard InChI is InChI=1S/C28H29F2N5.C5H6.H2/c1-18-16-23(10-11-24(18)27(31)20-6-5-7-21(30)17-20)32-22-12-14-34(15-13-22)28-33-25-8-3-4-9-26(25)35(28)19(2)29;1-2-5-3-4-5;/h3-11,16-17,19,22,31-32H,12-15H2,1-2H3;1,5H,3-4H2;1H. The molecule has 5 nitrogen and oxygen atoms in total. The molecule has 7 heteroatoms. The van der Waals surface area contributed by atoms with Crippen molar-refractivity contribution in [3.63, 3.8) is 0 Å². The van der Waals surface area contributed by atoms with Crippen LogP contribution in [0.3, 0.4) is 0 Å². The molecule has 4 aromatic rings. The number of anilines is 2. The van der Waals surface area contributed by atoms with Crippen LogP contribution in [-0.2, 0) is 0 Å². The molecular weight excluding hydrogens is 504 g/mol. The van der Waals surface area contributed by atoms with Crippen LogP contribution in [0.5, 0.6) is 0 Å². The summed E-state index contributed by atoms with van der Waals surface area (Å²) < 4.78 is 29.7. The van der Waals surface area contributed by atoms with Gasteiger partial charge in [-0.3, -0.25) is 9.98 Å². The zero-order valence-electron chi connectivity index (χ0n) is 23.0. The molecule has 1 unspecified atom stereocenters. The van der Waals surface area contributed by atoms with Crippen LogP contribution in [0.2, 0.25) is 0 Å². The molecule has 3 aromatic carbocycles. The van der Waals surface area contributed by atoms with Gasteiger partial charge in [-0.15, -0.1) is 12.3 Å². The van der Waals surface area contributed by atoms with Crippen molar-refractivity contribution in [3.8, 4) is 12.3 Å². The van der Waals surface area contributed by atoms with Gasteiger partial charge >= 0.3 is 0 Å². The average Bonchev–Trinajstić information content (AvgIpc) is 3.72. The number of benzene rings is 3. The normalized spacial score (nSPS) is 16.1. The minimum Gasteiger partial charge on any atom is -0.382 e. The van der Waals surface area contributed by atoms with E-state index in [1.807, 2.05) is 49.4 Å². The second kappa shape index (κ2) is 11.9. The molecule has 6 rings (SSSR count). The lowest BCUT2D eigenvalue weighted by Crippen LogP contribution is -2.40. The molecule has 1 aliphatic heterocycles. The third kappa shape index (κ3) is 6.17. The third-order valence-electron chi connectivity index (χ3n) is 7.50. The number of nitrogens with zero attached hydrogens (tertiary/aromatic N) is 3. The van der Waals surface area contributed by atoms with Crippen molar-refractivity contribution in [1.82, 2.24) is 9.55 Å². The van der Waals surface area contributed by atoms with E-state index < -0.39 is 6.30 Å². The maximum absolute atomic E-state index is 14.5. The first-order valence-electron chi connectivity index (χ1n) is 13.9. The zero-order chi connectivity index (χ0) is 28.2. The molecule has 1 aromatic heterocycles. The molecule has 0 amide bonds. The molecule has 0 bridgehead atoms. The molecule has 40 heavy (non-hydrogen) atoms. The van der Waals surface area contributed by atoms with Crippen molar-refractivity contribution < 1.29 is 10.2 Å². The summed E-state index contributed by atoms with van der Waals surface area (Å²) in [6.45, 7) is 5.09. The number of aromatic nitrogens is 2. The second-order valence-corrected chi connectivity index (χ2v) is 10.6. The van der Waals surface area contributed by atoms with Crippen molar-refractivity contribution >= 4 is 28.4 Å². The van der Waals surface area contributed by atoms with E-state index in [0.29, 0.717) is 29.2 Å². The van der Waals surface area contributed by atoms with Crippen LogP contribution in [-0.4, -0.2) is 34.4 Å². The number of para-hydroxylation sites is 2. The zero-order valence-corrected chi connectivity index (χ0v) is 23.0. The highest BCUT2D eigenvalue weighted by Crippen LogP contribution is 2.30. The summed E-state index contributed by atoms with van der Waals surface area (Å²) in [6.07, 6.45) is 8.19. The number of fused-ring (bicyclic) bond motifs is 1. The number of imidazole rings is 1. The monoisotopic (exact) mass is 541 g/mol. The lowest BCUT2D eigenvalue weighted by atomic mass is 9.97. The number of nitrogens with one attached hydrogen (secondary N) is 2. The Morgan fingerprint density at radius 2 is 1.82 bits per heavy atom. The number of hydrogen-bond donors (Lipinski definition) is 2. The van der Waals surface area contributed by atoms with Gasteiger partial charge in [0.05, 0.1) is 16.7 Å². The molecule has 1 saturated carbocycles. The predicted octanol–water partition coefficient (Wildman–Crippen LogP) is 7.74. The summed E-state index contributed by atoms with van der Waals surface area (Å²) in [5.41, 5.74) is 5.26. The molecule has 1 atom stereocenters. The summed E-state index contributed by atoms with van der Waals surface area (Å²) in [5, 5.41) is 12.1. The number of aryl methyl sites for hydroxylation is 1. The molecule has 2 heterocycles. The van der Waals surface area contributed by atoms with Gasteiger partial charge in [-0.05, 0) is 81.5 Å². The molecule has 2 fully saturated rings. The van der Waals surface area contributed by atoms with Crippen molar-refractivity contribution in [2.75, 3.05) is 23.3 Å². The number of halogens is 2. The molecule has 1 aliphatic carbocycles. The van der Waals surface area contributed by atoms with Gasteiger partial charge in [-0.25, -0.2) is 13.8 Å². The SMILES string of the molecule is C#CC1CC1.Cc1cc(NC2CCN(c3nc4ccccc4n3C(C)F)CC2)ccc1C(=N)c1cccc(F)c1.[HH]. The van der Waals surface area contributed by atoms with Gasteiger partial charge in [-0.1, -0.05) is 30.3 Å². The largest absolute Gasteiger partial charge is 0.382 e. The Hall–Kier alpha value is -4.18. The van der Waals surface area contributed by atoms with Crippen LogP contribution >= 0.6 is 0 Å². The van der Waals surface area contributed by atoms with Gasteiger partial charge in [-0.2, -0.15) is 0 Å². The van der Waals surface area contributed by atoms with Crippen LogP contribution in [0.15, 0.2) is 66.7 Å². The van der Waals surface area contributed by atoms with E-state index >= 15 is 0 Å². The summed E-state index contributed by atoms with van der Waals surface area (Å²) >= 11 is 0. The van der Waals surface area contributed by atoms with E-state index in [4.69, 9.17) is 16.8 Å². The fraction of sp³-hybridized carbons (Fsp3) is 0.333. The van der Waals surface area contributed by atoms with Crippen LogP contribution in [0.1, 0.15) is 57.0 Å². The first-order valence-corrected chi connectivity index (χ1v) is 13.9.